The minimum Gasteiger partial charge on any atom is -0.497 e. The molecule has 2 aliphatic heterocycles. The van der Waals surface area contributed by atoms with Gasteiger partial charge in [-0.25, -0.2) is 4.79 Å². The van der Waals surface area contributed by atoms with Crippen molar-refractivity contribution in [3.05, 3.63) is 62.9 Å². The van der Waals surface area contributed by atoms with Crippen LogP contribution in [0.4, 0.5) is 0 Å². The number of hydrogen-bond acceptors (Lipinski definition) is 9. The van der Waals surface area contributed by atoms with E-state index >= 15 is 0 Å². The number of rotatable bonds is 6. The summed E-state index contributed by atoms with van der Waals surface area (Å²) in [5.74, 6) is -0.315. The van der Waals surface area contributed by atoms with Crippen LogP contribution in [-0.2, 0) is 14.2 Å². The zero-order valence-electron chi connectivity index (χ0n) is 18.0. The first kappa shape index (κ1) is 23.3. The maximum Gasteiger partial charge on any atom is 0.340 e. The summed E-state index contributed by atoms with van der Waals surface area (Å²) in [7, 11) is 1.48. The predicted molar refractivity (Wildman–Crippen MR) is 113 cm³/mol. The number of aromatic nitrogens is 2. The third kappa shape index (κ3) is 4.63. The lowest BCUT2D eigenvalue weighted by molar-refractivity contribution is -0.215. The molecule has 2 aliphatic rings. The first-order chi connectivity index (χ1) is 15.9. The number of hydrogen-bond donors (Lipinski definition) is 2. The molecule has 2 N–H and O–H groups in total. The molecule has 1 aromatic heterocycles. The largest absolute Gasteiger partial charge is 0.497 e. The predicted octanol–water partition coefficient (Wildman–Crippen LogP) is -0.130. The Balaban J connectivity index is 1.69. The molecule has 0 spiro atoms. The Hall–Kier alpha value is -2.83. The van der Waals surface area contributed by atoms with Crippen LogP contribution >= 0.6 is 0 Å². The van der Waals surface area contributed by atoms with E-state index in [0.717, 1.165) is 23.5 Å². The van der Waals surface area contributed by atoms with Gasteiger partial charge in [0.25, 0.3) is 11.5 Å². The lowest BCUT2D eigenvalue weighted by atomic mass is 10.1. The lowest BCUT2D eigenvalue weighted by Gasteiger charge is -2.29. The summed E-state index contributed by atoms with van der Waals surface area (Å²) >= 11 is 0. The maximum absolute atomic E-state index is 13.2. The van der Waals surface area contributed by atoms with Crippen LogP contribution in [0.1, 0.15) is 35.8 Å². The smallest absolute Gasteiger partial charge is 0.340 e. The molecule has 0 bridgehead atoms. The second-order valence-electron chi connectivity index (χ2n) is 7.85. The number of benzene rings is 1. The average Bonchev–Trinajstić information content (AvgIpc) is 3.14. The Morgan fingerprint density at radius 2 is 1.94 bits per heavy atom. The molecule has 0 amide bonds. The summed E-state index contributed by atoms with van der Waals surface area (Å²) < 4.78 is 23.7. The van der Waals surface area contributed by atoms with Crippen LogP contribution in [0.2, 0.25) is 0 Å². The van der Waals surface area contributed by atoms with Crippen molar-refractivity contribution in [2.24, 2.45) is 0 Å². The molecule has 178 valence electrons. The highest BCUT2D eigenvalue weighted by molar-refractivity contribution is 5.95. The van der Waals surface area contributed by atoms with Crippen LogP contribution < -0.4 is 16.0 Å². The summed E-state index contributed by atoms with van der Waals surface area (Å²) in [6.07, 6.45) is -1.58. The molecule has 11 nitrogen and oxygen atoms in total. The van der Waals surface area contributed by atoms with Crippen molar-refractivity contribution in [2.75, 3.05) is 20.3 Å². The van der Waals surface area contributed by atoms with Gasteiger partial charge < -0.3 is 29.2 Å². The van der Waals surface area contributed by atoms with E-state index in [1.54, 1.807) is 0 Å². The van der Waals surface area contributed by atoms with Crippen LogP contribution in [0.5, 0.6) is 5.75 Å². The van der Waals surface area contributed by atoms with Crippen molar-refractivity contribution < 1.29 is 34.0 Å². The standard InChI is InChI=1S/C22H26N2O9/c1-30-14-7-5-13(6-8-14)20(28)24-16(26)9-10-23(22(24)29)21-19(18(27)15(12-25)32-21)33-17-4-2-3-11-31-17/h5-10,15,17-19,21,25,27H,2-4,11-12H2,1H3/t15-,17?,18-,19-,21-/m1/s1. The van der Waals surface area contributed by atoms with E-state index in [9.17, 15) is 24.6 Å². The molecule has 1 unspecified atom stereocenters. The Morgan fingerprint density at radius 3 is 2.58 bits per heavy atom. The number of aliphatic hydroxyl groups excluding tert-OH is 2. The van der Waals surface area contributed by atoms with Gasteiger partial charge in [-0.05, 0) is 43.5 Å². The van der Waals surface area contributed by atoms with E-state index in [2.05, 4.69) is 0 Å². The van der Waals surface area contributed by atoms with Gasteiger partial charge in [0.15, 0.2) is 12.5 Å². The van der Waals surface area contributed by atoms with Gasteiger partial charge >= 0.3 is 5.69 Å². The van der Waals surface area contributed by atoms with Gasteiger partial charge in [0, 0.05) is 24.4 Å². The molecule has 0 radical (unpaired) electrons. The molecule has 3 heterocycles. The number of carbonyl (C=O) groups excluding carboxylic acids is 1. The molecule has 2 aromatic rings. The van der Waals surface area contributed by atoms with Gasteiger partial charge in [-0.1, -0.05) is 0 Å². The van der Waals surface area contributed by atoms with E-state index in [0.29, 0.717) is 23.3 Å². The third-order valence-electron chi connectivity index (χ3n) is 5.76. The van der Waals surface area contributed by atoms with Gasteiger partial charge in [0.05, 0.1) is 13.7 Å². The van der Waals surface area contributed by atoms with Crippen molar-refractivity contribution in [1.82, 2.24) is 9.13 Å². The Labute approximate surface area is 188 Å². The first-order valence-electron chi connectivity index (χ1n) is 10.7. The van der Waals surface area contributed by atoms with Crippen LogP contribution in [0.25, 0.3) is 0 Å². The first-order valence-corrected chi connectivity index (χ1v) is 10.7. The number of nitrogens with zero attached hydrogens (tertiary/aromatic N) is 2. The fourth-order valence-electron chi connectivity index (χ4n) is 3.97. The molecule has 0 aliphatic carbocycles. The average molecular weight is 462 g/mol. The molecule has 1 aromatic carbocycles. The fraction of sp³-hybridized carbons (Fsp3) is 0.500. The van der Waals surface area contributed by atoms with Crippen molar-refractivity contribution in [1.29, 1.82) is 0 Å². The fourth-order valence-corrected chi connectivity index (χ4v) is 3.97. The van der Waals surface area contributed by atoms with Gasteiger partial charge in [0.1, 0.15) is 24.1 Å². The molecule has 0 saturated carbocycles. The maximum atomic E-state index is 13.2. The van der Waals surface area contributed by atoms with E-state index in [-0.39, 0.29) is 5.56 Å². The molecular formula is C22H26N2O9. The van der Waals surface area contributed by atoms with Crippen LogP contribution in [0.15, 0.2) is 46.1 Å². The number of carbonyl (C=O) groups is 1. The van der Waals surface area contributed by atoms with Crippen molar-refractivity contribution >= 4 is 5.91 Å². The highest BCUT2D eigenvalue weighted by Crippen LogP contribution is 2.33. The Kier molecular flexibility index (Phi) is 7.05. The molecular weight excluding hydrogens is 436 g/mol. The Morgan fingerprint density at radius 1 is 1.18 bits per heavy atom. The lowest BCUT2D eigenvalue weighted by Crippen LogP contribution is -2.47. The van der Waals surface area contributed by atoms with Gasteiger partial charge in [-0.15, -0.1) is 0 Å². The van der Waals surface area contributed by atoms with Crippen LogP contribution in [0.3, 0.4) is 0 Å². The van der Waals surface area contributed by atoms with E-state index in [4.69, 9.17) is 18.9 Å². The molecule has 33 heavy (non-hydrogen) atoms. The van der Waals surface area contributed by atoms with Gasteiger partial charge in [0.2, 0.25) is 0 Å². The molecule has 11 heteroatoms. The van der Waals surface area contributed by atoms with E-state index in [1.807, 2.05) is 0 Å². The normalized spacial score (nSPS) is 27.4. The SMILES string of the molecule is COc1ccc(C(=O)n2c(=O)ccn([C@@H]3O[C@H](CO)[C@@H](O)[C@H]3OC3CCCCO3)c2=O)cc1. The minimum absolute atomic E-state index is 0.108. The quantitative estimate of drug-likeness (QED) is 0.601. The highest BCUT2D eigenvalue weighted by atomic mass is 16.7. The summed E-state index contributed by atoms with van der Waals surface area (Å²) in [6.45, 7) is -0.00809. The second kappa shape index (κ2) is 9.98. The van der Waals surface area contributed by atoms with Crippen molar-refractivity contribution in [3.63, 3.8) is 0 Å². The number of aliphatic hydroxyl groups is 2. The summed E-state index contributed by atoms with van der Waals surface area (Å²) in [4.78, 5) is 38.6. The molecule has 4 rings (SSSR count). The highest BCUT2D eigenvalue weighted by Gasteiger charge is 2.47. The Bertz CT molecular complexity index is 1090. The van der Waals surface area contributed by atoms with Crippen LogP contribution in [0, 0.1) is 0 Å². The van der Waals surface area contributed by atoms with Gasteiger partial charge in [-0.3, -0.25) is 14.2 Å². The van der Waals surface area contributed by atoms with Crippen LogP contribution in [-0.4, -0.2) is 70.2 Å². The summed E-state index contributed by atoms with van der Waals surface area (Å²) in [6, 6.07) is 7.01. The molecule has 2 fully saturated rings. The second-order valence-corrected chi connectivity index (χ2v) is 7.85. The zero-order valence-corrected chi connectivity index (χ0v) is 18.0. The molecule has 2 saturated heterocycles. The number of methoxy groups -OCH3 is 1. The van der Waals surface area contributed by atoms with E-state index < -0.39 is 54.6 Å². The van der Waals surface area contributed by atoms with Gasteiger partial charge in [-0.2, -0.15) is 4.57 Å². The minimum atomic E-state index is -1.25. The monoisotopic (exact) mass is 462 g/mol. The number of ether oxygens (including phenoxy) is 4. The summed E-state index contributed by atoms with van der Waals surface area (Å²) in [5, 5.41) is 20.2. The molecule has 5 atom stereocenters. The third-order valence-corrected chi connectivity index (χ3v) is 5.76. The topological polar surface area (TPSA) is 138 Å². The van der Waals surface area contributed by atoms with Crippen molar-refractivity contribution in [2.45, 2.75) is 50.1 Å². The van der Waals surface area contributed by atoms with Crippen molar-refractivity contribution in [3.8, 4) is 5.75 Å². The zero-order chi connectivity index (χ0) is 23.5. The van der Waals surface area contributed by atoms with E-state index in [1.165, 1.54) is 37.6 Å². The summed E-state index contributed by atoms with van der Waals surface area (Å²) in [5.41, 5.74) is -1.67.